The van der Waals surface area contributed by atoms with E-state index in [0.29, 0.717) is 12.5 Å². The van der Waals surface area contributed by atoms with Gasteiger partial charge in [0.25, 0.3) is 0 Å². The number of aromatic nitrogens is 2. The van der Waals surface area contributed by atoms with Crippen molar-refractivity contribution in [2.75, 3.05) is 5.75 Å². The van der Waals surface area contributed by atoms with Crippen molar-refractivity contribution in [1.29, 1.82) is 0 Å². The van der Waals surface area contributed by atoms with Crippen LogP contribution in [0.15, 0.2) is 47.4 Å². The summed E-state index contributed by atoms with van der Waals surface area (Å²) in [5.74, 6) is 2.58. The van der Waals surface area contributed by atoms with Crippen LogP contribution in [0.25, 0.3) is 11.0 Å². The number of hydrogen-bond acceptors (Lipinski definition) is 3. The summed E-state index contributed by atoms with van der Waals surface area (Å²) in [5.41, 5.74) is 10.6. The van der Waals surface area contributed by atoms with Crippen LogP contribution in [-0.2, 0) is 13.6 Å². The molecule has 3 aromatic rings. The summed E-state index contributed by atoms with van der Waals surface area (Å²) in [5, 5.41) is 0. The van der Waals surface area contributed by atoms with E-state index in [-0.39, 0.29) is 0 Å². The van der Waals surface area contributed by atoms with Crippen molar-refractivity contribution in [2.45, 2.75) is 17.4 Å². The van der Waals surface area contributed by atoms with Gasteiger partial charge in [-0.1, -0.05) is 30.3 Å². The van der Waals surface area contributed by atoms with Gasteiger partial charge in [-0.25, -0.2) is 4.98 Å². The molecule has 2 aromatic carbocycles. The Kier molecular flexibility index (Phi) is 3.01. The molecule has 3 nitrogen and oxygen atoms in total. The lowest BCUT2D eigenvalue weighted by Crippen LogP contribution is -2.07. The Balaban J connectivity index is 1.91. The molecular weight excluding hydrogens is 278 g/mol. The molecule has 0 fully saturated rings. The van der Waals surface area contributed by atoms with Crippen LogP contribution in [0.2, 0.25) is 0 Å². The van der Waals surface area contributed by atoms with E-state index in [2.05, 4.69) is 54.1 Å². The molecule has 0 amide bonds. The summed E-state index contributed by atoms with van der Waals surface area (Å²) in [6.45, 7) is 0.532. The molecule has 0 radical (unpaired) electrons. The molecule has 1 unspecified atom stereocenters. The van der Waals surface area contributed by atoms with Gasteiger partial charge in [0.1, 0.15) is 5.82 Å². The average molecular weight is 295 g/mol. The first-order valence-corrected chi connectivity index (χ1v) is 8.14. The number of hydrogen-bond donors (Lipinski definition) is 1. The summed E-state index contributed by atoms with van der Waals surface area (Å²) in [4.78, 5) is 6.32. The second-order valence-corrected chi connectivity index (χ2v) is 6.48. The van der Waals surface area contributed by atoms with Gasteiger partial charge in [0.2, 0.25) is 0 Å². The monoisotopic (exact) mass is 295 g/mol. The summed E-state index contributed by atoms with van der Waals surface area (Å²) < 4.78 is 2.22. The molecular formula is C17H17N3S. The lowest BCUT2D eigenvalue weighted by molar-refractivity contribution is 0.761. The van der Waals surface area contributed by atoms with Crippen LogP contribution in [0.3, 0.4) is 0 Å². The molecule has 2 heterocycles. The molecule has 1 aromatic heterocycles. The Bertz CT molecular complexity index is 822. The first kappa shape index (κ1) is 12.9. The van der Waals surface area contributed by atoms with Crippen LogP contribution in [0.4, 0.5) is 0 Å². The fraction of sp³-hybridized carbons (Fsp3) is 0.235. The van der Waals surface area contributed by atoms with Crippen molar-refractivity contribution in [1.82, 2.24) is 9.55 Å². The predicted molar refractivity (Wildman–Crippen MR) is 87.6 cm³/mol. The molecule has 2 N–H and O–H groups in total. The molecule has 1 atom stereocenters. The Morgan fingerprint density at radius 3 is 2.95 bits per heavy atom. The summed E-state index contributed by atoms with van der Waals surface area (Å²) >= 11 is 1.92. The van der Waals surface area contributed by atoms with Gasteiger partial charge >= 0.3 is 0 Å². The summed E-state index contributed by atoms with van der Waals surface area (Å²) in [6, 6.07) is 14.9. The van der Waals surface area contributed by atoms with Crippen LogP contribution >= 0.6 is 11.8 Å². The topological polar surface area (TPSA) is 43.8 Å². The second-order valence-electron chi connectivity index (χ2n) is 5.42. The van der Waals surface area contributed by atoms with Gasteiger partial charge in [0.15, 0.2) is 0 Å². The highest BCUT2D eigenvalue weighted by Crippen LogP contribution is 2.43. The van der Waals surface area contributed by atoms with Crippen molar-refractivity contribution >= 4 is 22.8 Å². The lowest BCUT2D eigenvalue weighted by Gasteiger charge is -2.10. The number of para-hydroxylation sites is 1. The predicted octanol–water partition coefficient (Wildman–Crippen LogP) is 3.27. The van der Waals surface area contributed by atoms with Gasteiger partial charge in [0, 0.05) is 24.2 Å². The molecule has 106 valence electrons. The fourth-order valence-corrected chi connectivity index (χ4v) is 4.37. The first-order valence-electron chi connectivity index (χ1n) is 7.15. The van der Waals surface area contributed by atoms with E-state index < -0.39 is 0 Å². The van der Waals surface area contributed by atoms with E-state index in [1.165, 1.54) is 16.0 Å². The summed E-state index contributed by atoms with van der Waals surface area (Å²) in [7, 11) is 2.11. The Labute approximate surface area is 128 Å². The normalized spacial score (nSPS) is 17.3. The maximum atomic E-state index is 5.85. The highest BCUT2D eigenvalue weighted by Gasteiger charge is 2.28. The molecule has 4 heteroatoms. The van der Waals surface area contributed by atoms with Crippen LogP contribution < -0.4 is 5.73 Å². The number of imidazole rings is 1. The number of benzene rings is 2. The van der Waals surface area contributed by atoms with Gasteiger partial charge < -0.3 is 10.3 Å². The number of fused-ring (bicyclic) bond motifs is 2. The first-order chi connectivity index (χ1) is 10.3. The largest absolute Gasteiger partial charge is 0.331 e. The number of rotatable bonds is 2. The van der Waals surface area contributed by atoms with Crippen molar-refractivity contribution in [3.05, 3.63) is 59.4 Å². The zero-order valence-electron chi connectivity index (χ0n) is 11.9. The van der Waals surface area contributed by atoms with Crippen LogP contribution in [0.1, 0.15) is 22.9 Å². The highest BCUT2D eigenvalue weighted by atomic mass is 32.2. The van der Waals surface area contributed by atoms with Gasteiger partial charge in [0.05, 0.1) is 17.0 Å². The third kappa shape index (κ3) is 1.90. The van der Waals surface area contributed by atoms with Crippen LogP contribution in [0, 0.1) is 0 Å². The SMILES string of the molecule is Cn1c(C2CSc3ccccc32)nc2c(CN)cccc21. The van der Waals surface area contributed by atoms with E-state index in [4.69, 9.17) is 10.7 Å². The van der Waals surface area contributed by atoms with E-state index in [9.17, 15) is 0 Å². The summed E-state index contributed by atoms with van der Waals surface area (Å²) in [6.07, 6.45) is 0. The van der Waals surface area contributed by atoms with Crippen LogP contribution in [0.5, 0.6) is 0 Å². The molecule has 0 saturated carbocycles. The number of nitrogens with zero attached hydrogens (tertiary/aromatic N) is 2. The van der Waals surface area contributed by atoms with E-state index in [1.54, 1.807) is 0 Å². The fourth-order valence-electron chi connectivity index (χ4n) is 3.14. The van der Waals surface area contributed by atoms with Gasteiger partial charge in [-0.15, -0.1) is 11.8 Å². The van der Waals surface area contributed by atoms with Gasteiger partial charge in [-0.05, 0) is 23.3 Å². The van der Waals surface area contributed by atoms with E-state index >= 15 is 0 Å². The zero-order chi connectivity index (χ0) is 14.4. The quantitative estimate of drug-likeness (QED) is 0.789. The van der Waals surface area contributed by atoms with Gasteiger partial charge in [-0.2, -0.15) is 0 Å². The number of aryl methyl sites for hydroxylation is 1. The number of nitrogens with two attached hydrogens (primary N) is 1. The molecule has 1 aliphatic heterocycles. The molecule has 21 heavy (non-hydrogen) atoms. The maximum Gasteiger partial charge on any atom is 0.118 e. The van der Waals surface area contributed by atoms with Crippen LogP contribution in [-0.4, -0.2) is 15.3 Å². The molecule has 0 spiro atoms. The zero-order valence-corrected chi connectivity index (χ0v) is 12.7. The molecule has 0 aliphatic carbocycles. The second kappa shape index (κ2) is 4.90. The van der Waals surface area contributed by atoms with Crippen molar-refractivity contribution in [3.63, 3.8) is 0 Å². The third-order valence-electron chi connectivity index (χ3n) is 4.26. The molecule has 4 rings (SSSR count). The molecule has 0 saturated heterocycles. The minimum Gasteiger partial charge on any atom is -0.331 e. The third-order valence-corrected chi connectivity index (χ3v) is 5.44. The van der Waals surface area contributed by atoms with E-state index in [1.807, 2.05) is 11.8 Å². The van der Waals surface area contributed by atoms with Crippen molar-refractivity contribution < 1.29 is 0 Å². The Hall–Kier alpha value is -1.78. The van der Waals surface area contributed by atoms with Gasteiger partial charge in [-0.3, -0.25) is 0 Å². The highest BCUT2D eigenvalue weighted by molar-refractivity contribution is 7.99. The Morgan fingerprint density at radius 2 is 2.10 bits per heavy atom. The minimum atomic E-state index is 0.370. The smallest absolute Gasteiger partial charge is 0.118 e. The van der Waals surface area contributed by atoms with Crippen molar-refractivity contribution in [2.24, 2.45) is 12.8 Å². The standard InChI is InChI=1S/C17H17N3S/c1-20-14-7-4-5-11(9-18)16(14)19-17(20)13-10-21-15-8-3-2-6-12(13)15/h2-8,13H,9-10,18H2,1H3. The molecule has 1 aliphatic rings. The number of thioether (sulfide) groups is 1. The lowest BCUT2D eigenvalue weighted by atomic mass is 10.0. The van der Waals surface area contributed by atoms with Crippen molar-refractivity contribution in [3.8, 4) is 0 Å². The van der Waals surface area contributed by atoms with E-state index in [0.717, 1.165) is 22.7 Å². The molecule has 0 bridgehead atoms. The Morgan fingerprint density at radius 1 is 1.24 bits per heavy atom. The average Bonchev–Trinajstić information content (AvgIpc) is 3.09. The maximum absolute atomic E-state index is 5.85. The minimum absolute atomic E-state index is 0.370.